The molecule has 0 unspecified atom stereocenters. The van der Waals surface area contributed by atoms with Crippen LogP contribution in [0.5, 0.6) is 0 Å². The molecular formula is C12H24NO+. The summed E-state index contributed by atoms with van der Waals surface area (Å²) >= 11 is 0. The van der Waals surface area contributed by atoms with Gasteiger partial charge in [-0.05, 0) is 32.6 Å². The number of aliphatic hydroxyl groups excluding tert-OH is 1. The van der Waals surface area contributed by atoms with Crippen LogP contribution in [0.3, 0.4) is 0 Å². The van der Waals surface area contributed by atoms with Crippen LogP contribution in [0, 0.1) is 0 Å². The molecule has 0 aromatic carbocycles. The van der Waals surface area contributed by atoms with Gasteiger partial charge >= 0.3 is 0 Å². The van der Waals surface area contributed by atoms with Gasteiger partial charge in [0.05, 0.1) is 26.2 Å². The Hall–Kier alpha value is -0.0800. The van der Waals surface area contributed by atoms with Crippen molar-refractivity contribution in [3.05, 3.63) is 0 Å². The molecule has 2 rings (SSSR count). The van der Waals surface area contributed by atoms with E-state index in [1.165, 1.54) is 62.6 Å². The highest BCUT2D eigenvalue weighted by Crippen LogP contribution is 2.42. The standard InChI is InChI=1S/C12H24NO/c1-2-13-9-5-3-7-12(13,11-14)8-4-6-10-13/h14H,2-11H2,1H3/q+1. The van der Waals surface area contributed by atoms with E-state index in [-0.39, 0.29) is 5.54 Å². The predicted molar refractivity (Wildman–Crippen MR) is 58.1 cm³/mol. The van der Waals surface area contributed by atoms with E-state index in [0.29, 0.717) is 6.61 Å². The Morgan fingerprint density at radius 3 is 2.00 bits per heavy atom. The Bertz CT molecular complexity index is 168. The van der Waals surface area contributed by atoms with Crippen molar-refractivity contribution in [2.45, 2.75) is 51.0 Å². The van der Waals surface area contributed by atoms with Gasteiger partial charge in [-0.15, -0.1) is 0 Å². The van der Waals surface area contributed by atoms with Gasteiger partial charge in [-0.1, -0.05) is 0 Å². The number of hydrogen-bond donors (Lipinski definition) is 1. The van der Waals surface area contributed by atoms with Crippen LogP contribution in [0.25, 0.3) is 0 Å². The Kier molecular flexibility index (Phi) is 2.85. The third-order valence-electron chi connectivity index (χ3n) is 4.86. The maximum absolute atomic E-state index is 9.76. The summed E-state index contributed by atoms with van der Waals surface area (Å²) in [5, 5.41) is 9.76. The van der Waals surface area contributed by atoms with Gasteiger partial charge in [-0.3, -0.25) is 0 Å². The highest BCUT2D eigenvalue weighted by atomic mass is 16.3. The molecule has 0 atom stereocenters. The average Bonchev–Trinajstić information content (AvgIpc) is 2.28. The van der Waals surface area contributed by atoms with Crippen LogP contribution in [0.1, 0.15) is 45.4 Å². The van der Waals surface area contributed by atoms with Gasteiger partial charge in [0.2, 0.25) is 0 Å². The van der Waals surface area contributed by atoms with Gasteiger partial charge in [0, 0.05) is 12.8 Å². The minimum absolute atomic E-state index is 0.255. The number of nitrogens with zero attached hydrogens (tertiary/aromatic N) is 1. The highest BCUT2D eigenvalue weighted by molar-refractivity contribution is 4.87. The first-order valence-corrected chi connectivity index (χ1v) is 6.26. The van der Waals surface area contributed by atoms with Gasteiger partial charge in [0.25, 0.3) is 0 Å². The molecule has 0 amide bonds. The molecule has 0 bridgehead atoms. The number of piperidine rings is 2. The van der Waals surface area contributed by atoms with Crippen molar-refractivity contribution in [2.75, 3.05) is 26.2 Å². The van der Waals surface area contributed by atoms with E-state index in [9.17, 15) is 5.11 Å². The van der Waals surface area contributed by atoms with E-state index in [1.54, 1.807) is 0 Å². The molecular weight excluding hydrogens is 174 g/mol. The highest BCUT2D eigenvalue weighted by Gasteiger charge is 2.52. The summed E-state index contributed by atoms with van der Waals surface area (Å²) in [4.78, 5) is 0. The Balaban J connectivity index is 2.27. The molecule has 2 aliphatic heterocycles. The van der Waals surface area contributed by atoms with Crippen molar-refractivity contribution in [1.82, 2.24) is 0 Å². The maximum Gasteiger partial charge on any atom is 0.122 e. The minimum atomic E-state index is 0.255. The molecule has 82 valence electrons. The average molecular weight is 198 g/mol. The molecule has 2 aliphatic rings. The SMILES string of the molecule is CC[N+]12CCCCC1(CO)CCCC2. The molecule has 14 heavy (non-hydrogen) atoms. The molecule has 0 radical (unpaired) electrons. The van der Waals surface area contributed by atoms with Crippen LogP contribution < -0.4 is 0 Å². The number of rotatable bonds is 2. The van der Waals surface area contributed by atoms with Crippen LogP contribution in [0.2, 0.25) is 0 Å². The largest absolute Gasteiger partial charge is 0.390 e. The van der Waals surface area contributed by atoms with Crippen molar-refractivity contribution in [3.8, 4) is 0 Å². The molecule has 2 nitrogen and oxygen atoms in total. The van der Waals surface area contributed by atoms with Crippen LogP contribution >= 0.6 is 0 Å². The zero-order chi connectivity index (χ0) is 10.1. The molecule has 0 aromatic rings. The van der Waals surface area contributed by atoms with Crippen molar-refractivity contribution < 1.29 is 9.59 Å². The lowest BCUT2D eigenvalue weighted by Gasteiger charge is -2.57. The second-order valence-corrected chi connectivity index (χ2v) is 5.21. The lowest BCUT2D eigenvalue weighted by molar-refractivity contribution is -0.985. The van der Waals surface area contributed by atoms with E-state index in [0.717, 1.165) is 0 Å². The monoisotopic (exact) mass is 198 g/mol. The number of fused-ring (bicyclic) bond motifs is 1. The Morgan fingerprint density at radius 1 is 1.07 bits per heavy atom. The fraction of sp³-hybridized carbons (Fsp3) is 1.00. The lowest BCUT2D eigenvalue weighted by atomic mass is 9.77. The van der Waals surface area contributed by atoms with E-state index in [4.69, 9.17) is 0 Å². The topological polar surface area (TPSA) is 20.2 Å². The van der Waals surface area contributed by atoms with Gasteiger partial charge in [-0.2, -0.15) is 0 Å². The summed E-state index contributed by atoms with van der Waals surface area (Å²) in [5.74, 6) is 0. The fourth-order valence-corrected chi connectivity index (χ4v) is 3.88. The van der Waals surface area contributed by atoms with Gasteiger partial charge in [-0.25, -0.2) is 0 Å². The van der Waals surface area contributed by atoms with Crippen LogP contribution in [0.4, 0.5) is 0 Å². The van der Waals surface area contributed by atoms with E-state index >= 15 is 0 Å². The first-order chi connectivity index (χ1) is 6.79. The number of hydrogen-bond acceptors (Lipinski definition) is 1. The third kappa shape index (κ3) is 1.31. The van der Waals surface area contributed by atoms with Gasteiger partial charge in [0.1, 0.15) is 5.54 Å². The molecule has 0 spiro atoms. The maximum atomic E-state index is 9.76. The second kappa shape index (κ2) is 3.82. The normalized spacial score (nSPS) is 43.3. The summed E-state index contributed by atoms with van der Waals surface area (Å²) in [6.45, 7) is 6.58. The first-order valence-electron chi connectivity index (χ1n) is 6.26. The lowest BCUT2D eigenvalue weighted by Crippen LogP contribution is -2.70. The summed E-state index contributed by atoms with van der Waals surface area (Å²) in [6, 6.07) is 0. The smallest absolute Gasteiger partial charge is 0.122 e. The number of quaternary nitrogens is 1. The molecule has 2 heterocycles. The van der Waals surface area contributed by atoms with Gasteiger partial charge in [0.15, 0.2) is 0 Å². The first kappa shape index (κ1) is 10.4. The van der Waals surface area contributed by atoms with E-state index in [2.05, 4.69) is 6.92 Å². The predicted octanol–water partition coefficient (Wildman–Crippen LogP) is 1.92. The van der Waals surface area contributed by atoms with Crippen LogP contribution in [0.15, 0.2) is 0 Å². The number of likely N-dealkylation sites (N-methyl/N-ethyl adjacent to an activating group) is 1. The number of aliphatic hydroxyl groups is 1. The second-order valence-electron chi connectivity index (χ2n) is 5.21. The zero-order valence-electron chi connectivity index (χ0n) is 9.47. The fourth-order valence-electron chi connectivity index (χ4n) is 3.88. The third-order valence-corrected chi connectivity index (χ3v) is 4.86. The summed E-state index contributed by atoms with van der Waals surface area (Å²) in [6.07, 6.45) is 7.93. The van der Waals surface area contributed by atoms with Crippen LogP contribution in [-0.2, 0) is 0 Å². The van der Waals surface area contributed by atoms with Crippen LogP contribution in [-0.4, -0.2) is 41.4 Å². The van der Waals surface area contributed by atoms with Gasteiger partial charge < -0.3 is 9.59 Å². The molecule has 2 fully saturated rings. The molecule has 2 heteroatoms. The minimum Gasteiger partial charge on any atom is -0.390 e. The van der Waals surface area contributed by atoms with Crippen molar-refractivity contribution >= 4 is 0 Å². The Morgan fingerprint density at radius 2 is 1.64 bits per heavy atom. The van der Waals surface area contributed by atoms with E-state index in [1.807, 2.05) is 0 Å². The molecule has 1 N–H and O–H groups in total. The van der Waals surface area contributed by atoms with Crippen molar-refractivity contribution in [2.24, 2.45) is 0 Å². The summed E-state index contributed by atoms with van der Waals surface area (Å²) < 4.78 is 1.23. The molecule has 2 saturated heterocycles. The molecule has 0 aromatic heterocycles. The summed E-state index contributed by atoms with van der Waals surface area (Å²) in [5.41, 5.74) is 0.255. The summed E-state index contributed by atoms with van der Waals surface area (Å²) in [7, 11) is 0. The molecule has 0 saturated carbocycles. The van der Waals surface area contributed by atoms with E-state index < -0.39 is 0 Å². The zero-order valence-corrected chi connectivity index (χ0v) is 9.47. The quantitative estimate of drug-likeness (QED) is 0.672. The Labute approximate surface area is 87.5 Å². The van der Waals surface area contributed by atoms with Crippen molar-refractivity contribution in [3.63, 3.8) is 0 Å². The molecule has 0 aliphatic carbocycles. The van der Waals surface area contributed by atoms with Crippen molar-refractivity contribution in [1.29, 1.82) is 0 Å².